The Bertz CT molecular complexity index is 397. The van der Waals surface area contributed by atoms with E-state index in [4.69, 9.17) is 0 Å². The summed E-state index contributed by atoms with van der Waals surface area (Å²) in [4.78, 5) is 30.3. The molecule has 1 aromatic rings. The Labute approximate surface area is 81.3 Å². The molecule has 0 saturated heterocycles. The van der Waals surface area contributed by atoms with Crippen molar-refractivity contribution in [2.75, 3.05) is 14.2 Å². The van der Waals surface area contributed by atoms with E-state index in [-0.39, 0.29) is 11.0 Å². The highest BCUT2D eigenvalue weighted by Gasteiger charge is 2.14. The Balaban J connectivity index is 3.08. The number of pyridine rings is 1. The van der Waals surface area contributed by atoms with Gasteiger partial charge in [0.25, 0.3) is 5.91 Å². The molecule has 1 rings (SSSR count). The topological polar surface area (TPSA) is 62.4 Å². The number of carbonyl (C=O) groups excluding carboxylic acids is 1. The number of carbonyl (C=O) groups is 1. The van der Waals surface area contributed by atoms with E-state index in [1.807, 2.05) is 0 Å². The molecule has 0 radical (unpaired) electrons. The van der Waals surface area contributed by atoms with Crippen LogP contribution in [0.25, 0.3) is 0 Å². The van der Waals surface area contributed by atoms with Gasteiger partial charge in [-0.25, -0.2) is 5.06 Å². The van der Waals surface area contributed by atoms with Gasteiger partial charge in [-0.2, -0.15) is 0 Å². The van der Waals surface area contributed by atoms with Gasteiger partial charge < -0.3 is 4.98 Å². The molecule has 1 aromatic heterocycles. The zero-order valence-electron chi connectivity index (χ0n) is 8.33. The monoisotopic (exact) mass is 196 g/mol. The number of rotatable bonds is 2. The third-order valence-electron chi connectivity index (χ3n) is 1.85. The third kappa shape index (κ3) is 2.00. The summed E-state index contributed by atoms with van der Waals surface area (Å²) < 4.78 is 0. The van der Waals surface area contributed by atoms with E-state index in [1.165, 1.54) is 26.4 Å². The van der Waals surface area contributed by atoms with Gasteiger partial charge in [-0.15, -0.1) is 0 Å². The van der Waals surface area contributed by atoms with Gasteiger partial charge in [-0.3, -0.25) is 14.4 Å². The molecule has 0 bridgehead atoms. The van der Waals surface area contributed by atoms with E-state index < -0.39 is 5.91 Å². The first-order valence-electron chi connectivity index (χ1n) is 4.07. The number of aromatic amines is 1. The minimum Gasteiger partial charge on any atom is -0.364 e. The first kappa shape index (κ1) is 10.5. The average molecular weight is 196 g/mol. The number of H-pyrrole nitrogens is 1. The fraction of sp³-hybridized carbons (Fsp3) is 0.333. The lowest BCUT2D eigenvalue weighted by Crippen LogP contribution is -2.30. The number of nitrogens with zero attached hydrogens (tertiary/aromatic N) is 1. The molecule has 1 N–H and O–H groups in total. The molecule has 0 aromatic carbocycles. The van der Waals surface area contributed by atoms with Crippen LogP contribution in [0.15, 0.2) is 17.1 Å². The van der Waals surface area contributed by atoms with E-state index in [1.54, 1.807) is 6.92 Å². The minimum atomic E-state index is -0.464. The maximum Gasteiger partial charge on any atom is 0.282 e. The second-order valence-corrected chi connectivity index (χ2v) is 2.88. The van der Waals surface area contributed by atoms with E-state index in [0.717, 1.165) is 5.06 Å². The predicted molar refractivity (Wildman–Crippen MR) is 50.9 cm³/mol. The fourth-order valence-electron chi connectivity index (χ4n) is 0.993. The van der Waals surface area contributed by atoms with Crippen molar-refractivity contribution in [3.63, 3.8) is 0 Å². The van der Waals surface area contributed by atoms with Crippen LogP contribution in [0.5, 0.6) is 0 Å². The number of aryl methyl sites for hydroxylation is 1. The maximum atomic E-state index is 11.5. The lowest BCUT2D eigenvalue weighted by molar-refractivity contribution is -0.0758. The molecule has 14 heavy (non-hydrogen) atoms. The summed E-state index contributed by atoms with van der Waals surface area (Å²) in [7, 11) is 2.81. The summed E-state index contributed by atoms with van der Waals surface area (Å²) in [5.41, 5.74) is 0.474. The van der Waals surface area contributed by atoms with Crippen molar-refractivity contribution in [2.45, 2.75) is 6.92 Å². The van der Waals surface area contributed by atoms with Crippen molar-refractivity contribution < 1.29 is 9.63 Å². The molecule has 0 atom stereocenters. The van der Waals surface area contributed by atoms with Gasteiger partial charge in [0.2, 0.25) is 0 Å². The third-order valence-corrected chi connectivity index (χ3v) is 1.85. The quantitative estimate of drug-likeness (QED) is 0.693. The summed E-state index contributed by atoms with van der Waals surface area (Å²) in [6.45, 7) is 1.75. The highest BCUT2D eigenvalue weighted by Crippen LogP contribution is 1.97. The van der Waals surface area contributed by atoms with Crippen LogP contribution in [-0.2, 0) is 4.84 Å². The molecule has 0 aliphatic rings. The minimum absolute atomic E-state index is 0.0694. The van der Waals surface area contributed by atoms with E-state index in [2.05, 4.69) is 9.82 Å². The number of hydrogen-bond acceptors (Lipinski definition) is 3. The van der Waals surface area contributed by atoms with Crippen LogP contribution < -0.4 is 5.43 Å². The molecule has 0 aliphatic heterocycles. The highest BCUT2D eigenvalue weighted by molar-refractivity contribution is 5.92. The molecule has 1 heterocycles. The first-order valence-corrected chi connectivity index (χ1v) is 4.07. The Morgan fingerprint density at radius 2 is 2.21 bits per heavy atom. The molecule has 0 aliphatic carbocycles. The average Bonchev–Trinajstić information content (AvgIpc) is 2.15. The maximum absolute atomic E-state index is 11.5. The standard InChI is InChI=1S/C9H12N2O3/c1-6-4-8(12)7(5-10-6)9(13)11(2)14-3/h4-5H,1-3H3,(H,10,12). The molecular formula is C9H12N2O3. The number of amides is 1. The summed E-state index contributed by atoms with van der Waals surface area (Å²) >= 11 is 0. The molecule has 5 nitrogen and oxygen atoms in total. The Morgan fingerprint density at radius 1 is 1.57 bits per heavy atom. The second kappa shape index (κ2) is 4.06. The van der Waals surface area contributed by atoms with E-state index in [0.29, 0.717) is 5.69 Å². The van der Waals surface area contributed by atoms with Crippen LogP contribution in [0.2, 0.25) is 0 Å². The zero-order valence-corrected chi connectivity index (χ0v) is 8.33. The van der Waals surface area contributed by atoms with Crippen LogP contribution in [0, 0.1) is 6.92 Å². The summed E-state index contributed by atoms with van der Waals surface area (Å²) in [5.74, 6) is -0.464. The van der Waals surface area contributed by atoms with Crippen LogP contribution >= 0.6 is 0 Å². The summed E-state index contributed by atoms with van der Waals surface area (Å²) in [6.07, 6.45) is 1.38. The summed E-state index contributed by atoms with van der Waals surface area (Å²) in [5, 5.41) is 1.000. The van der Waals surface area contributed by atoms with Gasteiger partial charge in [-0.1, -0.05) is 0 Å². The Kier molecular flexibility index (Phi) is 3.03. The van der Waals surface area contributed by atoms with E-state index in [9.17, 15) is 9.59 Å². The zero-order chi connectivity index (χ0) is 10.7. The highest BCUT2D eigenvalue weighted by atomic mass is 16.7. The van der Waals surface area contributed by atoms with Crippen LogP contribution in [0.4, 0.5) is 0 Å². The van der Waals surface area contributed by atoms with Crippen molar-refractivity contribution in [3.05, 3.63) is 33.7 Å². The SMILES string of the molecule is CON(C)C(=O)c1c[nH]c(C)cc1=O. The number of hydroxylamine groups is 2. The first-order chi connectivity index (χ1) is 6.56. The normalized spacial score (nSPS) is 9.93. The van der Waals surface area contributed by atoms with Crippen molar-refractivity contribution in [1.82, 2.24) is 10.0 Å². The van der Waals surface area contributed by atoms with E-state index >= 15 is 0 Å². The van der Waals surface area contributed by atoms with Gasteiger partial charge in [0.15, 0.2) is 5.43 Å². The van der Waals surface area contributed by atoms with Gasteiger partial charge in [0.1, 0.15) is 5.56 Å². The molecule has 0 fully saturated rings. The number of nitrogens with one attached hydrogen (secondary N) is 1. The van der Waals surface area contributed by atoms with Gasteiger partial charge >= 0.3 is 0 Å². The summed E-state index contributed by atoms with van der Waals surface area (Å²) in [6, 6.07) is 1.37. The molecule has 0 spiro atoms. The molecular weight excluding hydrogens is 184 g/mol. The molecule has 1 amide bonds. The van der Waals surface area contributed by atoms with Gasteiger partial charge in [0.05, 0.1) is 7.11 Å². The smallest absolute Gasteiger partial charge is 0.282 e. The van der Waals surface area contributed by atoms with Crippen molar-refractivity contribution in [1.29, 1.82) is 0 Å². The van der Waals surface area contributed by atoms with Crippen molar-refractivity contribution in [2.24, 2.45) is 0 Å². The van der Waals surface area contributed by atoms with Gasteiger partial charge in [0, 0.05) is 25.0 Å². The Hall–Kier alpha value is -1.62. The predicted octanol–water partition coefficient (Wildman–Crippen LogP) is 0.317. The van der Waals surface area contributed by atoms with Gasteiger partial charge in [-0.05, 0) is 6.92 Å². The van der Waals surface area contributed by atoms with Crippen molar-refractivity contribution in [3.8, 4) is 0 Å². The molecule has 76 valence electrons. The second-order valence-electron chi connectivity index (χ2n) is 2.88. The lowest BCUT2D eigenvalue weighted by Gasteiger charge is -2.12. The van der Waals surface area contributed by atoms with Crippen LogP contribution in [0.1, 0.15) is 16.1 Å². The van der Waals surface area contributed by atoms with Crippen molar-refractivity contribution >= 4 is 5.91 Å². The number of hydrogen-bond donors (Lipinski definition) is 1. The van der Waals surface area contributed by atoms with Crippen LogP contribution in [0.3, 0.4) is 0 Å². The molecule has 5 heteroatoms. The fourth-order valence-corrected chi connectivity index (χ4v) is 0.993. The van der Waals surface area contributed by atoms with Crippen LogP contribution in [-0.4, -0.2) is 30.1 Å². The molecule has 0 saturated carbocycles. The number of aromatic nitrogens is 1. The molecule has 0 unspecified atom stereocenters. The largest absolute Gasteiger partial charge is 0.364 e. The Morgan fingerprint density at radius 3 is 2.71 bits per heavy atom. The lowest BCUT2D eigenvalue weighted by atomic mass is 10.2.